The van der Waals surface area contributed by atoms with Crippen LogP contribution in [0.3, 0.4) is 0 Å². The Morgan fingerprint density at radius 1 is 1.21 bits per heavy atom. The molecule has 0 unspecified atom stereocenters. The van der Waals surface area contributed by atoms with Crippen molar-refractivity contribution in [2.45, 2.75) is 69.5 Å². The van der Waals surface area contributed by atoms with Crippen molar-refractivity contribution >= 4 is 22.3 Å². The molecular formula is C28H32F3N7O4S. The van der Waals surface area contributed by atoms with Crippen LogP contribution in [0.5, 0.6) is 5.75 Å². The fourth-order valence-electron chi connectivity index (χ4n) is 5.07. The van der Waals surface area contributed by atoms with Gasteiger partial charge in [-0.25, -0.2) is 45.8 Å². The smallest absolute Gasteiger partial charge is 0.341 e. The summed E-state index contributed by atoms with van der Waals surface area (Å²) < 4.78 is 77.5. The number of sulfonamides is 1. The van der Waals surface area contributed by atoms with Crippen LogP contribution in [0.1, 0.15) is 44.0 Å². The number of aryl methyl sites for hydroxylation is 1. The third-order valence-electron chi connectivity index (χ3n) is 7.47. The lowest BCUT2D eigenvalue weighted by Gasteiger charge is -2.41. The van der Waals surface area contributed by atoms with Crippen molar-refractivity contribution in [2.24, 2.45) is 5.10 Å². The molecular weight excluding hydrogens is 587 g/mol. The zero-order chi connectivity index (χ0) is 31.1. The molecule has 5 rings (SSSR count). The highest BCUT2D eigenvalue weighted by atomic mass is 32.2. The number of nitrogens with one attached hydrogen (secondary N) is 1. The molecule has 230 valence electrons. The Bertz CT molecular complexity index is 1640. The van der Waals surface area contributed by atoms with Crippen molar-refractivity contribution in [3.8, 4) is 11.6 Å². The number of rotatable bonds is 9. The van der Waals surface area contributed by atoms with E-state index in [1.807, 2.05) is 0 Å². The number of aromatic nitrogens is 3. The number of halogens is 3. The highest BCUT2D eigenvalue weighted by Gasteiger charge is 2.39. The van der Waals surface area contributed by atoms with Gasteiger partial charge in [0.15, 0.2) is 17.4 Å². The predicted octanol–water partition coefficient (Wildman–Crippen LogP) is 4.38. The van der Waals surface area contributed by atoms with Crippen LogP contribution in [0.15, 0.2) is 58.2 Å². The van der Waals surface area contributed by atoms with Crippen LogP contribution >= 0.6 is 0 Å². The number of carbonyl (C=O) groups is 1. The minimum atomic E-state index is -3.81. The van der Waals surface area contributed by atoms with Crippen LogP contribution in [0.2, 0.25) is 0 Å². The van der Waals surface area contributed by atoms with Gasteiger partial charge in [-0.3, -0.25) is 0 Å². The Kier molecular flexibility index (Phi) is 8.47. The van der Waals surface area contributed by atoms with E-state index in [1.165, 1.54) is 26.9 Å². The summed E-state index contributed by atoms with van der Waals surface area (Å²) in [7, 11) is -3.81. The van der Waals surface area contributed by atoms with Gasteiger partial charge in [-0.1, -0.05) is 13.0 Å². The van der Waals surface area contributed by atoms with Crippen LogP contribution in [0.25, 0.3) is 5.82 Å². The highest BCUT2D eigenvalue weighted by Crippen LogP contribution is 2.29. The van der Waals surface area contributed by atoms with E-state index in [2.05, 4.69) is 26.5 Å². The number of urea groups is 1. The molecule has 2 fully saturated rings. The van der Waals surface area contributed by atoms with Gasteiger partial charge in [0.05, 0.1) is 42.5 Å². The maximum atomic E-state index is 14.7. The molecule has 0 aromatic carbocycles. The Morgan fingerprint density at radius 2 is 1.93 bits per heavy atom. The van der Waals surface area contributed by atoms with Gasteiger partial charge in [0, 0.05) is 30.8 Å². The number of hydrazone groups is 1. The van der Waals surface area contributed by atoms with Gasteiger partial charge >= 0.3 is 6.03 Å². The van der Waals surface area contributed by atoms with E-state index in [-0.39, 0.29) is 46.9 Å². The summed E-state index contributed by atoms with van der Waals surface area (Å²) in [6.07, 6.45) is 6.57. The van der Waals surface area contributed by atoms with E-state index in [0.29, 0.717) is 12.1 Å². The molecule has 1 saturated heterocycles. The fourth-order valence-corrected chi connectivity index (χ4v) is 6.76. The first-order valence-corrected chi connectivity index (χ1v) is 15.2. The summed E-state index contributed by atoms with van der Waals surface area (Å²) in [6.45, 7) is 8.36. The lowest BCUT2D eigenvalue weighted by Crippen LogP contribution is -2.59. The van der Waals surface area contributed by atoms with Gasteiger partial charge in [-0.05, 0) is 45.3 Å². The fraction of sp³-hybridized carbons (Fsp3) is 0.429. The van der Waals surface area contributed by atoms with Crippen molar-refractivity contribution in [3.05, 3.63) is 65.4 Å². The molecule has 0 bridgehead atoms. The molecule has 4 heterocycles. The topological polar surface area (TPSA) is 122 Å². The van der Waals surface area contributed by atoms with Crippen molar-refractivity contribution in [2.75, 3.05) is 13.1 Å². The SMILES string of the molecule is C=C(/C=C(F)\C=C(/C)F)[C@@H]1CC=NN1C(=O)N1CC(Oc2cc(-n3nc(C)c(S(=O)(=O)NC4CCC4)c3C)ncc2F)C1. The standard InChI is InChI=1S/C28H32F3N7O4S/c1-16(10-20(30)11-17(2)29)24-8-9-33-38(24)28(39)36-14-22(15-36)42-25-12-26(32-13-23(25)31)37-19(4)27(18(3)34-37)43(40,41)35-21-6-5-7-21/h9-13,21-22,24,35H,1,5-8,14-15H2,2-4H3/b17-11+,20-10+/t24-/m0/s1. The number of pyridine rings is 1. The molecule has 1 saturated carbocycles. The second-order valence-corrected chi connectivity index (χ2v) is 12.4. The van der Waals surface area contributed by atoms with Gasteiger partial charge < -0.3 is 9.64 Å². The van der Waals surface area contributed by atoms with Crippen molar-refractivity contribution < 1.29 is 31.1 Å². The minimum Gasteiger partial charge on any atom is -0.483 e. The molecule has 2 aliphatic heterocycles. The zero-order valence-electron chi connectivity index (χ0n) is 23.9. The first-order valence-electron chi connectivity index (χ1n) is 13.8. The van der Waals surface area contributed by atoms with Gasteiger partial charge in [-0.15, -0.1) is 0 Å². The number of ether oxygens (including phenoxy) is 1. The molecule has 2 aromatic heterocycles. The number of likely N-dealkylation sites (tertiary alicyclic amines) is 1. The minimum absolute atomic E-state index is 0.0546. The number of carbonyl (C=O) groups excluding carboxylic acids is 1. The molecule has 3 aliphatic rings. The summed E-state index contributed by atoms with van der Waals surface area (Å²) in [5.74, 6) is -2.23. The molecule has 1 aliphatic carbocycles. The van der Waals surface area contributed by atoms with Crippen molar-refractivity contribution in [1.82, 2.24) is 29.4 Å². The van der Waals surface area contributed by atoms with E-state index in [1.54, 1.807) is 13.8 Å². The van der Waals surface area contributed by atoms with Crippen LogP contribution in [-0.4, -0.2) is 76.6 Å². The maximum absolute atomic E-state index is 14.7. The number of nitrogens with zero attached hydrogens (tertiary/aromatic N) is 6. The maximum Gasteiger partial charge on any atom is 0.341 e. The monoisotopic (exact) mass is 619 g/mol. The number of hydrogen-bond acceptors (Lipinski definition) is 7. The molecule has 1 atom stereocenters. The van der Waals surface area contributed by atoms with Crippen LogP contribution < -0.4 is 9.46 Å². The summed E-state index contributed by atoms with van der Waals surface area (Å²) >= 11 is 0. The lowest BCUT2D eigenvalue weighted by atomic mass is 9.94. The van der Waals surface area contributed by atoms with E-state index >= 15 is 0 Å². The second kappa shape index (κ2) is 12.0. The molecule has 15 heteroatoms. The lowest BCUT2D eigenvalue weighted by molar-refractivity contribution is 0.0273. The Hall–Kier alpha value is -3.98. The molecule has 1 N–H and O–H groups in total. The van der Waals surface area contributed by atoms with E-state index < -0.39 is 45.7 Å². The van der Waals surface area contributed by atoms with Gasteiger partial charge in [0.1, 0.15) is 16.8 Å². The van der Waals surface area contributed by atoms with E-state index in [9.17, 15) is 26.4 Å². The summed E-state index contributed by atoms with van der Waals surface area (Å²) in [4.78, 5) is 18.6. The van der Waals surface area contributed by atoms with Crippen LogP contribution in [0.4, 0.5) is 18.0 Å². The Labute approximate surface area is 247 Å². The second-order valence-electron chi connectivity index (χ2n) is 10.8. The molecule has 0 radical (unpaired) electrons. The van der Waals surface area contributed by atoms with Gasteiger partial charge in [-0.2, -0.15) is 10.2 Å². The van der Waals surface area contributed by atoms with E-state index in [0.717, 1.165) is 44.5 Å². The molecule has 0 spiro atoms. The highest BCUT2D eigenvalue weighted by molar-refractivity contribution is 7.89. The number of hydrogen-bond donors (Lipinski definition) is 1. The average molecular weight is 620 g/mol. The van der Waals surface area contributed by atoms with Gasteiger partial charge in [0.2, 0.25) is 10.0 Å². The van der Waals surface area contributed by atoms with Crippen LogP contribution in [0, 0.1) is 19.7 Å². The first-order chi connectivity index (χ1) is 20.3. The molecule has 11 nitrogen and oxygen atoms in total. The Balaban J connectivity index is 1.24. The Morgan fingerprint density at radius 3 is 2.58 bits per heavy atom. The molecule has 43 heavy (non-hydrogen) atoms. The zero-order valence-corrected chi connectivity index (χ0v) is 24.7. The molecule has 2 aromatic rings. The van der Waals surface area contributed by atoms with E-state index in [4.69, 9.17) is 4.74 Å². The first kappa shape index (κ1) is 30.5. The summed E-state index contributed by atoms with van der Waals surface area (Å²) in [5, 5.41) is 9.60. The largest absolute Gasteiger partial charge is 0.483 e. The predicted molar refractivity (Wildman–Crippen MR) is 152 cm³/mol. The number of amides is 2. The van der Waals surface area contributed by atoms with Gasteiger partial charge in [0.25, 0.3) is 0 Å². The van der Waals surface area contributed by atoms with Crippen molar-refractivity contribution in [3.63, 3.8) is 0 Å². The number of allylic oxidation sites excluding steroid dienone is 3. The average Bonchev–Trinajstić information content (AvgIpc) is 3.48. The summed E-state index contributed by atoms with van der Waals surface area (Å²) in [6, 6.07) is 0.133. The van der Waals surface area contributed by atoms with Crippen LogP contribution in [-0.2, 0) is 10.0 Å². The molecule has 2 amide bonds. The normalized spacial score (nSPS) is 19.9. The quantitative estimate of drug-likeness (QED) is 0.416. The van der Waals surface area contributed by atoms with Crippen molar-refractivity contribution in [1.29, 1.82) is 0 Å². The summed E-state index contributed by atoms with van der Waals surface area (Å²) in [5.41, 5.74) is 0.853. The third-order valence-corrected chi connectivity index (χ3v) is 9.24. The third kappa shape index (κ3) is 6.37.